The summed E-state index contributed by atoms with van der Waals surface area (Å²) in [5.74, 6) is 1.85. The van der Waals surface area contributed by atoms with Gasteiger partial charge >= 0.3 is 0 Å². The van der Waals surface area contributed by atoms with E-state index in [-0.39, 0.29) is 0 Å². The van der Waals surface area contributed by atoms with Gasteiger partial charge in [-0.05, 0) is 65.9 Å². The maximum absolute atomic E-state index is 5.60. The maximum atomic E-state index is 5.60. The Hall–Kier alpha value is -0.540. The van der Waals surface area contributed by atoms with Crippen molar-refractivity contribution in [2.45, 2.75) is 52.0 Å². The van der Waals surface area contributed by atoms with E-state index in [1.807, 2.05) is 6.92 Å². The molecule has 1 N–H and O–H groups in total. The second kappa shape index (κ2) is 8.04. The average Bonchev–Trinajstić information content (AvgIpc) is 2.39. The van der Waals surface area contributed by atoms with Crippen molar-refractivity contribution < 1.29 is 4.74 Å². The summed E-state index contributed by atoms with van der Waals surface area (Å²) in [4.78, 5) is 0. The number of benzene rings is 1. The fraction of sp³-hybridized carbons (Fsp3) is 0.647. The summed E-state index contributed by atoms with van der Waals surface area (Å²) in [5, 5.41) is 3.70. The standard InChI is InChI=1S/C17H26BrNO/c1-3-10-19-16(11-13-6-5-7-13)14-8-9-17(20-4-2)15(18)12-14/h8-9,12-13,16,19H,3-7,10-11H2,1-2H3. The first-order valence-electron chi connectivity index (χ1n) is 7.90. The van der Waals surface area contributed by atoms with Crippen molar-refractivity contribution >= 4 is 15.9 Å². The highest BCUT2D eigenvalue weighted by Crippen LogP contribution is 2.36. The Labute approximate surface area is 131 Å². The zero-order chi connectivity index (χ0) is 14.4. The molecule has 20 heavy (non-hydrogen) atoms. The van der Waals surface area contributed by atoms with Gasteiger partial charge in [0, 0.05) is 6.04 Å². The molecule has 0 bridgehead atoms. The predicted octanol–water partition coefficient (Wildman–Crippen LogP) is 5.08. The smallest absolute Gasteiger partial charge is 0.133 e. The molecule has 1 unspecified atom stereocenters. The summed E-state index contributed by atoms with van der Waals surface area (Å²) in [6.45, 7) is 6.03. The maximum Gasteiger partial charge on any atom is 0.133 e. The Morgan fingerprint density at radius 3 is 2.70 bits per heavy atom. The molecule has 2 nitrogen and oxygen atoms in total. The van der Waals surface area contributed by atoms with Crippen LogP contribution in [-0.2, 0) is 0 Å². The van der Waals surface area contributed by atoms with Gasteiger partial charge in [0.2, 0.25) is 0 Å². The van der Waals surface area contributed by atoms with Crippen LogP contribution in [0.15, 0.2) is 22.7 Å². The number of hydrogen-bond acceptors (Lipinski definition) is 2. The number of halogens is 1. The van der Waals surface area contributed by atoms with Gasteiger partial charge in [0.15, 0.2) is 0 Å². The van der Waals surface area contributed by atoms with Crippen molar-refractivity contribution in [1.29, 1.82) is 0 Å². The highest BCUT2D eigenvalue weighted by Gasteiger charge is 2.23. The summed E-state index contributed by atoms with van der Waals surface area (Å²) in [5.41, 5.74) is 1.38. The van der Waals surface area contributed by atoms with Gasteiger partial charge in [-0.15, -0.1) is 0 Å². The van der Waals surface area contributed by atoms with Crippen molar-refractivity contribution in [3.8, 4) is 5.75 Å². The molecule has 0 amide bonds. The predicted molar refractivity (Wildman–Crippen MR) is 88.3 cm³/mol. The molecule has 3 heteroatoms. The third-order valence-electron chi connectivity index (χ3n) is 4.09. The van der Waals surface area contributed by atoms with E-state index < -0.39 is 0 Å². The molecule has 1 saturated carbocycles. The van der Waals surface area contributed by atoms with E-state index >= 15 is 0 Å². The van der Waals surface area contributed by atoms with Crippen LogP contribution in [0.5, 0.6) is 5.75 Å². The SMILES string of the molecule is CCCNC(CC1CCC1)c1ccc(OCC)c(Br)c1. The molecule has 1 aromatic carbocycles. The fourth-order valence-corrected chi connectivity index (χ4v) is 3.24. The second-order valence-corrected chi connectivity index (χ2v) is 6.52. The molecule has 0 aromatic heterocycles. The molecule has 1 atom stereocenters. The van der Waals surface area contributed by atoms with Crippen LogP contribution < -0.4 is 10.1 Å². The minimum absolute atomic E-state index is 0.479. The molecule has 1 aliphatic carbocycles. The van der Waals surface area contributed by atoms with Crippen molar-refractivity contribution in [3.05, 3.63) is 28.2 Å². The quantitative estimate of drug-likeness (QED) is 0.713. The molecular formula is C17H26BrNO. The van der Waals surface area contributed by atoms with Gasteiger partial charge < -0.3 is 10.1 Å². The van der Waals surface area contributed by atoms with E-state index in [0.717, 1.165) is 22.7 Å². The zero-order valence-electron chi connectivity index (χ0n) is 12.6. The highest BCUT2D eigenvalue weighted by atomic mass is 79.9. The largest absolute Gasteiger partial charge is 0.493 e. The molecule has 0 spiro atoms. The van der Waals surface area contributed by atoms with E-state index in [0.29, 0.717) is 12.6 Å². The third kappa shape index (κ3) is 4.23. The molecule has 0 heterocycles. The molecule has 0 saturated heterocycles. The van der Waals surface area contributed by atoms with Gasteiger partial charge in [-0.25, -0.2) is 0 Å². The monoisotopic (exact) mass is 339 g/mol. The summed E-state index contributed by atoms with van der Waals surface area (Å²) >= 11 is 3.63. The zero-order valence-corrected chi connectivity index (χ0v) is 14.2. The summed E-state index contributed by atoms with van der Waals surface area (Å²) in [6.07, 6.45) is 6.67. The topological polar surface area (TPSA) is 21.3 Å². The molecule has 1 aliphatic rings. The van der Waals surface area contributed by atoms with E-state index in [1.165, 1.54) is 37.7 Å². The number of hydrogen-bond donors (Lipinski definition) is 1. The number of nitrogens with one attached hydrogen (secondary N) is 1. The van der Waals surface area contributed by atoms with E-state index in [1.54, 1.807) is 0 Å². The van der Waals surface area contributed by atoms with Gasteiger partial charge in [-0.2, -0.15) is 0 Å². The molecule has 0 radical (unpaired) electrons. The lowest BCUT2D eigenvalue weighted by Gasteiger charge is -2.30. The van der Waals surface area contributed by atoms with Crippen LogP contribution in [0.2, 0.25) is 0 Å². The van der Waals surface area contributed by atoms with Gasteiger partial charge in [0.1, 0.15) is 5.75 Å². The van der Waals surface area contributed by atoms with Crippen LogP contribution >= 0.6 is 15.9 Å². The second-order valence-electron chi connectivity index (χ2n) is 5.66. The lowest BCUT2D eigenvalue weighted by Crippen LogP contribution is -2.26. The van der Waals surface area contributed by atoms with Crippen molar-refractivity contribution in [2.24, 2.45) is 5.92 Å². The van der Waals surface area contributed by atoms with Crippen molar-refractivity contribution in [3.63, 3.8) is 0 Å². The van der Waals surface area contributed by atoms with Crippen molar-refractivity contribution in [1.82, 2.24) is 5.32 Å². The first-order chi connectivity index (χ1) is 9.74. The first kappa shape index (κ1) is 15.8. The first-order valence-corrected chi connectivity index (χ1v) is 8.69. The minimum atomic E-state index is 0.479. The van der Waals surface area contributed by atoms with E-state index in [2.05, 4.69) is 46.4 Å². The lowest BCUT2D eigenvalue weighted by molar-refractivity contribution is 0.261. The van der Waals surface area contributed by atoms with E-state index in [9.17, 15) is 0 Å². The van der Waals surface area contributed by atoms with Gasteiger partial charge in [-0.3, -0.25) is 0 Å². The van der Waals surface area contributed by atoms with Gasteiger partial charge in [0.05, 0.1) is 11.1 Å². The molecule has 0 aliphatic heterocycles. The molecule has 1 fully saturated rings. The third-order valence-corrected chi connectivity index (χ3v) is 4.71. The Morgan fingerprint density at radius 2 is 2.15 bits per heavy atom. The van der Waals surface area contributed by atoms with E-state index in [4.69, 9.17) is 4.74 Å². The summed E-state index contributed by atoms with van der Waals surface area (Å²) < 4.78 is 6.66. The Bertz CT molecular complexity index is 417. The number of ether oxygens (including phenoxy) is 1. The van der Waals surface area contributed by atoms with Crippen LogP contribution in [0.4, 0.5) is 0 Å². The van der Waals surface area contributed by atoms with Gasteiger partial charge in [-0.1, -0.05) is 32.3 Å². The van der Waals surface area contributed by atoms with Crippen LogP contribution in [0.1, 0.15) is 57.6 Å². The molecule has 1 aromatic rings. The van der Waals surface area contributed by atoms with Crippen LogP contribution in [-0.4, -0.2) is 13.2 Å². The van der Waals surface area contributed by atoms with Crippen molar-refractivity contribution in [2.75, 3.05) is 13.2 Å². The number of rotatable bonds is 8. The van der Waals surface area contributed by atoms with Crippen LogP contribution in [0.3, 0.4) is 0 Å². The summed E-state index contributed by atoms with van der Waals surface area (Å²) in [7, 11) is 0. The average molecular weight is 340 g/mol. The Balaban J connectivity index is 2.07. The normalized spacial score (nSPS) is 16.8. The summed E-state index contributed by atoms with van der Waals surface area (Å²) in [6, 6.07) is 7.00. The fourth-order valence-electron chi connectivity index (χ4n) is 2.72. The van der Waals surface area contributed by atoms with Crippen LogP contribution in [0, 0.1) is 5.92 Å². The van der Waals surface area contributed by atoms with Crippen LogP contribution in [0.25, 0.3) is 0 Å². The van der Waals surface area contributed by atoms with Gasteiger partial charge in [0.25, 0.3) is 0 Å². The Morgan fingerprint density at radius 1 is 1.35 bits per heavy atom. The Kier molecular flexibility index (Phi) is 6.37. The highest BCUT2D eigenvalue weighted by molar-refractivity contribution is 9.10. The molecule has 2 rings (SSSR count). The lowest BCUT2D eigenvalue weighted by atomic mass is 9.79. The molecule has 112 valence electrons. The molecular weight excluding hydrogens is 314 g/mol. The minimum Gasteiger partial charge on any atom is -0.493 e.